The van der Waals surface area contributed by atoms with Crippen molar-refractivity contribution >= 4 is 12.3 Å². The summed E-state index contributed by atoms with van der Waals surface area (Å²) in [5, 5.41) is 14.5. The van der Waals surface area contributed by atoms with Crippen LogP contribution in [0.3, 0.4) is 0 Å². The highest BCUT2D eigenvalue weighted by atomic mass is 16.5. The maximum absolute atomic E-state index is 11.3. The minimum absolute atomic E-state index is 0.00574. The van der Waals surface area contributed by atoms with Crippen molar-refractivity contribution in [2.45, 2.75) is 52.4 Å². The van der Waals surface area contributed by atoms with Crippen LogP contribution in [0.2, 0.25) is 0 Å². The summed E-state index contributed by atoms with van der Waals surface area (Å²) >= 11 is 0. The summed E-state index contributed by atoms with van der Waals surface area (Å²) in [6.45, 7) is 4.00. The summed E-state index contributed by atoms with van der Waals surface area (Å²) in [6, 6.07) is 1.29. The molecule has 1 aliphatic carbocycles. The minimum atomic E-state index is -0.572. The number of esters is 1. The number of nitrogens with zero attached hydrogens (tertiary/aromatic N) is 1. The molecule has 6 heteroatoms. The van der Waals surface area contributed by atoms with Gasteiger partial charge in [-0.25, -0.2) is 4.79 Å². The first kappa shape index (κ1) is 20.9. The van der Waals surface area contributed by atoms with Crippen LogP contribution in [0, 0.1) is 10.8 Å². The van der Waals surface area contributed by atoms with Gasteiger partial charge in [0.1, 0.15) is 16.8 Å². The fourth-order valence-electron chi connectivity index (χ4n) is 2.15. The first-order valence-electron chi connectivity index (χ1n) is 8.07. The van der Waals surface area contributed by atoms with Crippen LogP contribution in [0.25, 0.3) is 0 Å². The van der Waals surface area contributed by atoms with Gasteiger partial charge >= 0.3 is 5.97 Å². The van der Waals surface area contributed by atoms with Gasteiger partial charge in [0.25, 0.3) is 0 Å². The van der Waals surface area contributed by atoms with Crippen LogP contribution in [-0.2, 0) is 4.74 Å². The molecule has 6 nitrogen and oxygen atoms in total. The highest BCUT2D eigenvalue weighted by molar-refractivity contribution is 5.92. The summed E-state index contributed by atoms with van der Waals surface area (Å²) in [5.74, 6) is -0.307. The fraction of sp³-hybridized carbons (Fsp3) is 0.588. The van der Waals surface area contributed by atoms with Gasteiger partial charge in [-0.05, 0) is 6.07 Å². The van der Waals surface area contributed by atoms with Gasteiger partial charge in [-0.15, -0.1) is 0 Å². The Morgan fingerprint density at radius 3 is 1.96 bits per heavy atom. The van der Waals surface area contributed by atoms with Crippen LogP contribution in [0.15, 0.2) is 12.3 Å². The molecular formula is C17H29N3O3. The predicted molar refractivity (Wildman–Crippen MR) is 91.4 cm³/mol. The van der Waals surface area contributed by atoms with Gasteiger partial charge in [0.15, 0.2) is 0 Å². The van der Waals surface area contributed by atoms with Crippen molar-refractivity contribution in [1.29, 1.82) is 10.8 Å². The third kappa shape index (κ3) is 7.13. The molecular weight excluding hydrogens is 294 g/mol. The molecule has 0 amide bonds. The largest absolute Gasteiger partial charge is 0.494 e. The number of carbonyl (C=O) groups is 1. The number of carbonyl (C=O) groups excluding carboxylic acids is 1. The Morgan fingerprint density at radius 1 is 1.13 bits per heavy atom. The lowest BCUT2D eigenvalue weighted by Gasteiger charge is -2.08. The zero-order chi connectivity index (χ0) is 17.7. The van der Waals surface area contributed by atoms with Gasteiger partial charge in [0.05, 0.1) is 26.8 Å². The summed E-state index contributed by atoms with van der Waals surface area (Å²) in [4.78, 5) is 11.3. The number of ether oxygens (including phenoxy) is 2. The number of hydrogen-bond donors (Lipinski definition) is 2. The van der Waals surface area contributed by atoms with Crippen molar-refractivity contribution in [3.8, 4) is 5.75 Å². The Morgan fingerprint density at radius 2 is 1.61 bits per heavy atom. The Kier molecular flexibility index (Phi) is 11.3. The number of hydrogen-bond acceptors (Lipinski definition) is 5. The molecule has 23 heavy (non-hydrogen) atoms. The third-order valence-electron chi connectivity index (χ3n) is 3.35. The molecule has 0 aromatic carbocycles. The minimum Gasteiger partial charge on any atom is -0.494 e. The second kappa shape index (κ2) is 12.4. The normalized spacial score (nSPS) is 12.7. The first-order chi connectivity index (χ1) is 11.1. The van der Waals surface area contributed by atoms with E-state index in [0.717, 1.165) is 6.34 Å². The second-order valence-corrected chi connectivity index (χ2v) is 4.79. The first-order valence-corrected chi connectivity index (χ1v) is 8.07. The maximum Gasteiger partial charge on any atom is 0.341 e. The van der Waals surface area contributed by atoms with E-state index in [1.807, 2.05) is 13.8 Å². The smallest absolute Gasteiger partial charge is 0.341 e. The summed E-state index contributed by atoms with van der Waals surface area (Å²) < 4.78 is 10.7. The number of aromatic nitrogens is 1. The molecule has 0 unspecified atom stereocenters. The van der Waals surface area contributed by atoms with E-state index < -0.39 is 5.97 Å². The quantitative estimate of drug-likeness (QED) is 0.506. The SMILES string of the molecule is C1CCCCC1.CC.COC(=O)c1cc(=N)n(C=N)cc1OC. The molecule has 2 rings (SSSR count). The fourth-order valence-corrected chi connectivity index (χ4v) is 2.15. The third-order valence-corrected chi connectivity index (χ3v) is 3.35. The molecule has 0 saturated heterocycles. The Labute approximate surface area is 138 Å². The van der Waals surface area contributed by atoms with E-state index in [1.54, 1.807) is 0 Å². The summed E-state index contributed by atoms with van der Waals surface area (Å²) in [7, 11) is 2.66. The average Bonchev–Trinajstić information content (AvgIpc) is 2.64. The topological polar surface area (TPSA) is 88.2 Å². The lowest BCUT2D eigenvalue weighted by Crippen LogP contribution is -2.21. The zero-order valence-electron chi connectivity index (χ0n) is 14.6. The molecule has 1 aliphatic rings. The lowest BCUT2D eigenvalue weighted by molar-refractivity contribution is 0.0596. The van der Waals surface area contributed by atoms with Crippen molar-refractivity contribution in [2.24, 2.45) is 0 Å². The average molecular weight is 323 g/mol. The van der Waals surface area contributed by atoms with E-state index in [9.17, 15) is 4.79 Å². The number of methoxy groups -OCH3 is 2. The molecule has 1 aromatic rings. The number of rotatable bonds is 3. The van der Waals surface area contributed by atoms with Crippen LogP contribution < -0.4 is 10.2 Å². The van der Waals surface area contributed by atoms with E-state index in [4.69, 9.17) is 15.6 Å². The molecule has 2 N–H and O–H groups in total. The lowest BCUT2D eigenvalue weighted by atomic mass is 10.0. The molecule has 130 valence electrons. The van der Waals surface area contributed by atoms with Gasteiger partial charge in [-0.3, -0.25) is 15.4 Å². The van der Waals surface area contributed by atoms with Crippen molar-refractivity contribution in [3.05, 3.63) is 23.3 Å². The van der Waals surface area contributed by atoms with E-state index in [1.165, 1.54) is 69.6 Å². The van der Waals surface area contributed by atoms with Crippen molar-refractivity contribution < 1.29 is 14.3 Å². The van der Waals surface area contributed by atoms with Gasteiger partial charge in [-0.1, -0.05) is 52.4 Å². The molecule has 1 fully saturated rings. The summed E-state index contributed by atoms with van der Waals surface area (Å²) in [6.07, 6.45) is 11.3. The van der Waals surface area contributed by atoms with Crippen molar-refractivity contribution in [1.82, 2.24) is 4.57 Å². The molecule has 1 saturated carbocycles. The van der Waals surface area contributed by atoms with E-state index in [-0.39, 0.29) is 16.8 Å². The van der Waals surface area contributed by atoms with Crippen LogP contribution in [0.5, 0.6) is 5.75 Å². The molecule has 0 spiro atoms. The molecule has 0 atom stereocenters. The molecule has 0 bridgehead atoms. The van der Waals surface area contributed by atoms with Gasteiger partial charge in [0.2, 0.25) is 0 Å². The van der Waals surface area contributed by atoms with Crippen LogP contribution in [0.1, 0.15) is 62.7 Å². The Hall–Kier alpha value is -2.11. The van der Waals surface area contributed by atoms with E-state index in [2.05, 4.69) is 4.74 Å². The monoisotopic (exact) mass is 323 g/mol. The molecule has 0 aliphatic heterocycles. The molecule has 1 heterocycles. The van der Waals surface area contributed by atoms with Crippen molar-refractivity contribution in [2.75, 3.05) is 14.2 Å². The van der Waals surface area contributed by atoms with Gasteiger partial charge in [0, 0.05) is 0 Å². The molecule has 1 aromatic heterocycles. The number of pyridine rings is 1. The summed E-state index contributed by atoms with van der Waals surface area (Å²) in [5.41, 5.74) is 0.175. The Bertz CT molecular complexity index is 523. The maximum atomic E-state index is 11.3. The molecule has 0 radical (unpaired) electrons. The highest BCUT2D eigenvalue weighted by Gasteiger charge is 2.13. The zero-order valence-corrected chi connectivity index (χ0v) is 14.6. The van der Waals surface area contributed by atoms with E-state index in [0.29, 0.717) is 0 Å². The van der Waals surface area contributed by atoms with Crippen LogP contribution >= 0.6 is 0 Å². The van der Waals surface area contributed by atoms with Gasteiger partial charge < -0.3 is 9.47 Å². The second-order valence-electron chi connectivity index (χ2n) is 4.79. The van der Waals surface area contributed by atoms with Crippen LogP contribution in [0.4, 0.5) is 0 Å². The van der Waals surface area contributed by atoms with Gasteiger partial charge in [-0.2, -0.15) is 0 Å². The van der Waals surface area contributed by atoms with Crippen molar-refractivity contribution in [3.63, 3.8) is 0 Å². The van der Waals surface area contributed by atoms with E-state index >= 15 is 0 Å². The predicted octanol–water partition coefficient (Wildman–Crippen LogP) is 3.58. The highest BCUT2D eigenvalue weighted by Crippen LogP contribution is 2.16. The van der Waals surface area contributed by atoms with Crippen LogP contribution in [-0.4, -0.2) is 31.1 Å². The standard InChI is InChI=1S/C9H11N3O3.C6H12.C2H6/c1-14-7-4-12(5-10)8(11)3-6(7)9(13)15-2;1-2-4-6-5-3-1;1-2/h3-5,10-11H,1-2H3;1-6H2;1-2H3. The Balaban J connectivity index is 0.000000501. The number of nitrogens with one attached hydrogen (secondary N) is 2.